The van der Waals surface area contributed by atoms with Crippen molar-refractivity contribution in [2.75, 3.05) is 46.9 Å². The molecule has 1 fully saturated rings. The Kier molecular flexibility index (Phi) is 6.72. The molecule has 5 nitrogen and oxygen atoms in total. The Hall–Kier alpha value is -2.27. The number of aliphatic imine (C=N–C) groups is 1. The maximum absolute atomic E-state index is 5.88. The first kappa shape index (κ1) is 18.5. The van der Waals surface area contributed by atoms with E-state index in [0.717, 1.165) is 37.1 Å². The highest BCUT2D eigenvalue weighted by Gasteiger charge is 2.19. The van der Waals surface area contributed by atoms with Crippen LogP contribution in [-0.4, -0.2) is 57.7 Å². The summed E-state index contributed by atoms with van der Waals surface area (Å²) in [5.41, 5.74) is 0. The van der Waals surface area contributed by atoms with E-state index in [1.807, 2.05) is 13.1 Å². The van der Waals surface area contributed by atoms with Crippen LogP contribution in [0.2, 0.25) is 0 Å². The van der Waals surface area contributed by atoms with Gasteiger partial charge in [-0.05, 0) is 55.3 Å². The number of benzene rings is 2. The molecule has 3 rings (SSSR count). The zero-order chi connectivity index (χ0) is 18.2. The fraction of sp³-hybridized carbons (Fsp3) is 0.476. The summed E-state index contributed by atoms with van der Waals surface area (Å²) in [4.78, 5) is 6.68. The third-order valence-corrected chi connectivity index (χ3v) is 4.87. The first-order valence-electron chi connectivity index (χ1n) is 9.49. The van der Waals surface area contributed by atoms with Gasteiger partial charge < -0.3 is 20.3 Å². The molecule has 140 valence electrons. The Balaban J connectivity index is 1.33. The van der Waals surface area contributed by atoms with Crippen LogP contribution in [0.1, 0.15) is 12.8 Å². The third kappa shape index (κ3) is 5.36. The maximum atomic E-state index is 5.88. The molecule has 0 bridgehead atoms. The molecule has 26 heavy (non-hydrogen) atoms. The molecule has 1 atom stereocenters. The summed E-state index contributed by atoms with van der Waals surface area (Å²) >= 11 is 0. The summed E-state index contributed by atoms with van der Waals surface area (Å²) in [7, 11) is 4.00. The van der Waals surface area contributed by atoms with Gasteiger partial charge >= 0.3 is 0 Å². The number of likely N-dealkylation sites (tertiary alicyclic amines) is 1. The van der Waals surface area contributed by atoms with Gasteiger partial charge in [0.25, 0.3) is 0 Å². The molecule has 0 amide bonds. The molecule has 0 radical (unpaired) electrons. The van der Waals surface area contributed by atoms with E-state index in [-0.39, 0.29) is 0 Å². The summed E-state index contributed by atoms with van der Waals surface area (Å²) < 4.78 is 5.88. The Bertz CT molecular complexity index is 731. The molecule has 1 aliphatic rings. The van der Waals surface area contributed by atoms with E-state index < -0.39 is 0 Å². The molecule has 1 heterocycles. The van der Waals surface area contributed by atoms with Gasteiger partial charge in [0, 0.05) is 26.7 Å². The molecule has 1 aliphatic heterocycles. The van der Waals surface area contributed by atoms with Crippen LogP contribution >= 0.6 is 0 Å². The minimum atomic E-state index is 0.690. The first-order chi connectivity index (χ1) is 12.7. The quantitative estimate of drug-likeness (QED) is 0.456. The maximum Gasteiger partial charge on any atom is 0.190 e. The fourth-order valence-corrected chi connectivity index (χ4v) is 3.38. The average molecular weight is 354 g/mol. The van der Waals surface area contributed by atoms with Gasteiger partial charge in [-0.3, -0.25) is 4.99 Å². The number of rotatable bonds is 7. The topological polar surface area (TPSA) is 48.9 Å². The summed E-state index contributed by atoms with van der Waals surface area (Å²) in [6, 6.07) is 14.6. The zero-order valence-corrected chi connectivity index (χ0v) is 15.9. The normalized spacial score (nSPS) is 18.2. The molecule has 2 N–H and O–H groups in total. The number of nitrogens with zero attached hydrogens (tertiary/aromatic N) is 2. The van der Waals surface area contributed by atoms with Crippen LogP contribution in [0.4, 0.5) is 0 Å². The number of guanidine groups is 1. The van der Waals surface area contributed by atoms with E-state index in [1.165, 1.54) is 30.3 Å². The van der Waals surface area contributed by atoms with Crippen molar-refractivity contribution < 1.29 is 4.74 Å². The second kappa shape index (κ2) is 9.43. The molecule has 0 aliphatic carbocycles. The fourth-order valence-electron chi connectivity index (χ4n) is 3.38. The van der Waals surface area contributed by atoms with Gasteiger partial charge in [-0.1, -0.05) is 30.3 Å². The van der Waals surface area contributed by atoms with Crippen molar-refractivity contribution in [1.82, 2.24) is 15.5 Å². The van der Waals surface area contributed by atoms with Crippen molar-refractivity contribution in [1.29, 1.82) is 0 Å². The van der Waals surface area contributed by atoms with E-state index in [2.05, 4.69) is 64.0 Å². The lowest BCUT2D eigenvalue weighted by molar-refractivity contribution is 0.311. The average Bonchev–Trinajstić information content (AvgIpc) is 3.09. The summed E-state index contributed by atoms with van der Waals surface area (Å²) in [6.45, 7) is 4.89. The molecule has 5 heteroatoms. The van der Waals surface area contributed by atoms with Crippen molar-refractivity contribution in [3.63, 3.8) is 0 Å². The zero-order valence-electron chi connectivity index (χ0n) is 15.9. The lowest BCUT2D eigenvalue weighted by Gasteiger charge is -2.15. The number of fused-ring (bicyclic) bond motifs is 1. The predicted octanol–water partition coefficient (Wildman–Crippen LogP) is 2.73. The molecule has 2 aromatic rings. The van der Waals surface area contributed by atoms with E-state index >= 15 is 0 Å². The lowest BCUT2D eigenvalue weighted by atomic mass is 10.1. The van der Waals surface area contributed by atoms with Gasteiger partial charge in [0.15, 0.2) is 5.96 Å². The highest BCUT2D eigenvalue weighted by atomic mass is 16.5. The molecule has 0 aromatic heterocycles. The van der Waals surface area contributed by atoms with E-state index in [0.29, 0.717) is 6.61 Å². The van der Waals surface area contributed by atoms with Crippen LogP contribution in [0, 0.1) is 5.92 Å². The SMILES string of the molecule is CN=C(NCCCOc1ccc2ccccc2c1)NCC1CCN(C)C1. The van der Waals surface area contributed by atoms with Crippen LogP contribution in [-0.2, 0) is 0 Å². The smallest absolute Gasteiger partial charge is 0.190 e. The van der Waals surface area contributed by atoms with Gasteiger partial charge in [-0.15, -0.1) is 0 Å². The standard InChI is InChI=1S/C21H30N4O/c1-22-21(24-15-17-10-12-25(2)16-17)23-11-5-13-26-20-9-8-18-6-3-4-7-19(18)14-20/h3-4,6-9,14,17H,5,10-13,15-16H2,1-2H3,(H2,22,23,24). The predicted molar refractivity (Wildman–Crippen MR) is 109 cm³/mol. The second-order valence-corrected chi connectivity index (χ2v) is 7.01. The van der Waals surface area contributed by atoms with Crippen molar-refractivity contribution in [2.45, 2.75) is 12.8 Å². The number of hydrogen-bond donors (Lipinski definition) is 2. The highest BCUT2D eigenvalue weighted by molar-refractivity contribution is 5.83. The van der Waals surface area contributed by atoms with Crippen LogP contribution in [0.25, 0.3) is 10.8 Å². The summed E-state index contributed by atoms with van der Waals surface area (Å²) in [5.74, 6) is 2.52. The minimum absolute atomic E-state index is 0.690. The van der Waals surface area contributed by atoms with Gasteiger partial charge in [0.05, 0.1) is 6.61 Å². The monoisotopic (exact) mass is 354 g/mol. The molecule has 1 saturated heterocycles. The largest absolute Gasteiger partial charge is 0.494 e. The molecular weight excluding hydrogens is 324 g/mol. The van der Waals surface area contributed by atoms with Crippen LogP contribution in [0.3, 0.4) is 0 Å². The Morgan fingerprint density at radius 1 is 1.19 bits per heavy atom. The van der Waals surface area contributed by atoms with Crippen LogP contribution in [0.5, 0.6) is 5.75 Å². The second-order valence-electron chi connectivity index (χ2n) is 7.01. The Morgan fingerprint density at radius 3 is 2.81 bits per heavy atom. The first-order valence-corrected chi connectivity index (χ1v) is 9.49. The van der Waals surface area contributed by atoms with E-state index in [4.69, 9.17) is 4.74 Å². The third-order valence-electron chi connectivity index (χ3n) is 4.87. The van der Waals surface area contributed by atoms with Crippen molar-refractivity contribution in [2.24, 2.45) is 10.9 Å². The van der Waals surface area contributed by atoms with E-state index in [1.54, 1.807) is 0 Å². The van der Waals surface area contributed by atoms with E-state index in [9.17, 15) is 0 Å². The van der Waals surface area contributed by atoms with Crippen LogP contribution in [0.15, 0.2) is 47.5 Å². The Labute approximate surface area is 156 Å². The van der Waals surface area contributed by atoms with Gasteiger partial charge in [0.2, 0.25) is 0 Å². The highest BCUT2D eigenvalue weighted by Crippen LogP contribution is 2.20. The minimum Gasteiger partial charge on any atom is -0.494 e. The lowest BCUT2D eigenvalue weighted by Crippen LogP contribution is -2.40. The summed E-state index contributed by atoms with van der Waals surface area (Å²) in [5, 5.41) is 9.25. The Morgan fingerprint density at radius 2 is 2.04 bits per heavy atom. The number of nitrogens with one attached hydrogen (secondary N) is 2. The molecule has 1 unspecified atom stereocenters. The van der Waals surface area contributed by atoms with Crippen molar-refractivity contribution in [3.05, 3.63) is 42.5 Å². The summed E-state index contributed by atoms with van der Waals surface area (Å²) in [6.07, 6.45) is 2.19. The van der Waals surface area contributed by atoms with Gasteiger partial charge in [0.1, 0.15) is 5.75 Å². The number of hydrogen-bond acceptors (Lipinski definition) is 3. The van der Waals surface area contributed by atoms with Crippen LogP contribution < -0.4 is 15.4 Å². The van der Waals surface area contributed by atoms with Gasteiger partial charge in [-0.2, -0.15) is 0 Å². The van der Waals surface area contributed by atoms with Crippen molar-refractivity contribution >= 4 is 16.7 Å². The molecule has 0 spiro atoms. The van der Waals surface area contributed by atoms with Gasteiger partial charge in [-0.25, -0.2) is 0 Å². The molecule has 2 aromatic carbocycles. The molecule has 0 saturated carbocycles. The van der Waals surface area contributed by atoms with Crippen molar-refractivity contribution in [3.8, 4) is 5.75 Å². The molecular formula is C21H30N4O. The number of ether oxygens (including phenoxy) is 1.